The lowest BCUT2D eigenvalue weighted by Gasteiger charge is -2.38. The van der Waals surface area contributed by atoms with Gasteiger partial charge in [-0.3, -0.25) is 9.36 Å². The average molecular weight is 358 g/mol. The Morgan fingerprint density at radius 3 is 2.85 bits per heavy atom. The second kappa shape index (κ2) is 6.19. The molecule has 2 amide bonds. The van der Waals surface area contributed by atoms with Crippen molar-refractivity contribution in [1.82, 2.24) is 19.4 Å². The fraction of sp³-hybridized carbons (Fsp3) is 0.500. The summed E-state index contributed by atoms with van der Waals surface area (Å²) in [4.78, 5) is 42.7. The van der Waals surface area contributed by atoms with E-state index in [1.54, 1.807) is 21.4 Å². The highest BCUT2D eigenvalue weighted by Crippen LogP contribution is 2.31. The van der Waals surface area contributed by atoms with Gasteiger partial charge >= 0.3 is 11.8 Å². The summed E-state index contributed by atoms with van der Waals surface area (Å²) in [5.74, 6) is -0.0214. The van der Waals surface area contributed by atoms with Gasteiger partial charge in [-0.15, -0.1) is 0 Å². The van der Waals surface area contributed by atoms with Crippen LogP contribution in [0.5, 0.6) is 0 Å². The fourth-order valence-corrected chi connectivity index (χ4v) is 4.01. The summed E-state index contributed by atoms with van der Waals surface area (Å²) < 4.78 is 7.14. The molecule has 1 atom stereocenters. The number of aromatic nitrogens is 2. The molecule has 2 aliphatic rings. The van der Waals surface area contributed by atoms with E-state index in [2.05, 4.69) is 4.98 Å². The number of hydrogen-bond acceptors (Lipinski definition) is 4. The molecule has 8 heteroatoms. The van der Waals surface area contributed by atoms with Crippen molar-refractivity contribution in [2.24, 2.45) is 0 Å². The Balaban J connectivity index is 1.44. The van der Waals surface area contributed by atoms with E-state index in [9.17, 15) is 14.4 Å². The minimum atomic E-state index is -0.586. The molecule has 3 heterocycles. The highest BCUT2D eigenvalue weighted by Gasteiger charge is 2.47. The molecular weight excluding hydrogens is 336 g/mol. The van der Waals surface area contributed by atoms with E-state index in [4.69, 9.17) is 4.74 Å². The maximum absolute atomic E-state index is 12.7. The lowest BCUT2D eigenvalue weighted by atomic mass is 9.92. The second-order valence-electron chi connectivity index (χ2n) is 7.17. The number of H-pyrrole nitrogens is 1. The molecule has 1 N–H and O–H groups in total. The number of aryl methyl sites for hydroxylation is 1. The third kappa shape index (κ3) is 2.85. The number of amides is 2. The Morgan fingerprint density at radius 2 is 2.08 bits per heavy atom. The van der Waals surface area contributed by atoms with Crippen LogP contribution in [0.4, 0.5) is 4.79 Å². The van der Waals surface area contributed by atoms with Gasteiger partial charge in [0.15, 0.2) is 0 Å². The Bertz CT molecular complexity index is 917. The molecule has 1 unspecified atom stereocenters. The number of ether oxygens (including phenoxy) is 1. The van der Waals surface area contributed by atoms with Crippen LogP contribution in [-0.2, 0) is 16.1 Å². The van der Waals surface area contributed by atoms with Crippen LogP contribution >= 0.6 is 0 Å². The van der Waals surface area contributed by atoms with Crippen LogP contribution in [0.2, 0.25) is 0 Å². The van der Waals surface area contributed by atoms with Gasteiger partial charge in [0.25, 0.3) is 0 Å². The molecule has 0 saturated carbocycles. The van der Waals surface area contributed by atoms with Crippen LogP contribution in [0, 0.1) is 0 Å². The number of carbonyl (C=O) groups excluding carboxylic acids is 2. The third-order valence-electron chi connectivity index (χ3n) is 5.26. The molecule has 0 bridgehead atoms. The third-order valence-corrected chi connectivity index (χ3v) is 5.26. The highest BCUT2D eigenvalue weighted by molar-refractivity contribution is 5.78. The van der Waals surface area contributed by atoms with E-state index in [0.717, 1.165) is 23.9 Å². The summed E-state index contributed by atoms with van der Waals surface area (Å²) in [6.45, 7) is 1.91. The summed E-state index contributed by atoms with van der Waals surface area (Å²) in [5.41, 5.74) is 0.771. The van der Waals surface area contributed by atoms with Crippen molar-refractivity contribution in [1.29, 1.82) is 0 Å². The Labute approximate surface area is 150 Å². The number of para-hydroxylation sites is 2. The van der Waals surface area contributed by atoms with Crippen molar-refractivity contribution in [3.05, 3.63) is 34.7 Å². The predicted molar refractivity (Wildman–Crippen MR) is 94.8 cm³/mol. The number of likely N-dealkylation sites (N-methyl/N-ethyl adjacent to an activating group) is 1. The normalized spacial score (nSPS) is 23.0. The number of benzene rings is 1. The first kappa shape index (κ1) is 16.7. The molecule has 2 aromatic rings. The van der Waals surface area contributed by atoms with E-state index >= 15 is 0 Å². The maximum atomic E-state index is 12.7. The molecule has 0 aliphatic carbocycles. The number of nitrogens with zero attached hydrogens (tertiary/aromatic N) is 3. The quantitative estimate of drug-likeness (QED) is 0.892. The van der Waals surface area contributed by atoms with Crippen molar-refractivity contribution in [2.75, 3.05) is 26.7 Å². The number of hydrogen-bond donors (Lipinski definition) is 1. The van der Waals surface area contributed by atoms with Gasteiger partial charge in [0.1, 0.15) is 5.60 Å². The highest BCUT2D eigenvalue weighted by atomic mass is 16.6. The summed E-state index contributed by atoms with van der Waals surface area (Å²) in [6.07, 6.45) is 1.49. The molecule has 1 aromatic heterocycles. The van der Waals surface area contributed by atoms with Gasteiger partial charge in [0.05, 0.1) is 24.1 Å². The molecular formula is C18H22N4O4. The second-order valence-corrected chi connectivity index (χ2v) is 7.17. The average Bonchev–Trinajstić information content (AvgIpc) is 3.08. The monoisotopic (exact) mass is 358 g/mol. The molecule has 1 aromatic carbocycles. The van der Waals surface area contributed by atoms with Crippen LogP contribution in [0.25, 0.3) is 11.0 Å². The Morgan fingerprint density at radius 1 is 1.27 bits per heavy atom. The molecule has 1 spiro atoms. The standard InChI is InChI=1S/C18H22N4O4/c1-20-11-18(26-17(20)25)8-4-9-21(12-18)15(23)7-10-22-14-6-3-2-5-13(14)19-16(22)24/h2-3,5-6H,4,7-12H2,1H3,(H,19,24). The van der Waals surface area contributed by atoms with E-state index < -0.39 is 5.60 Å². The van der Waals surface area contributed by atoms with Crippen molar-refractivity contribution < 1.29 is 14.3 Å². The van der Waals surface area contributed by atoms with Gasteiger partial charge in [-0.25, -0.2) is 9.59 Å². The van der Waals surface area contributed by atoms with E-state index in [0.29, 0.717) is 26.2 Å². The summed E-state index contributed by atoms with van der Waals surface area (Å²) >= 11 is 0. The van der Waals surface area contributed by atoms with Gasteiger partial charge in [0, 0.05) is 26.6 Å². The fourth-order valence-electron chi connectivity index (χ4n) is 4.01. The molecule has 138 valence electrons. The van der Waals surface area contributed by atoms with Gasteiger partial charge in [-0.2, -0.15) is 0 Å². The number of rotatable bonds is 3. The van der Waals surface area contributed by atoms with Crippen molar-refractivity contribution >= 4 is 23.0 Å². The minimum absolute atomic E-state index is 0.0214. The van der Waals surface area contributed by atoms with Crippen LogP contribution in [-0.4, -0.2) is 63.6 Å². The van der Waals surface area contributed by atoms with Crippen molar-refractivity contribution in [2.45, 2.75) is 31.4 Å². The van der Waals surface area contributed by atoms with Crippen molar-refractivity contribution in [3.63, 3.8) is 0 Å². The zero-order valence-electron chi connectivity index (χ0n) is 14.7. The number of nitrogens with one attached hydrogen (secondary N) is 1. The molecule has 2 aliphatic heterocycles. The smallest absolute Gasteiger partial charge is 0.410 e. The lowest BCUT2D eigenvalue weighted by Crippen LogP contribution is -2.52. The zero-order valence-corrected chi connectivity index (χ0v) is 14.7. The van der Waals surface area contributed by atoms with E-state index in [1.807, 2.05) is 24.3 Å². The Kier molecular flexibility index (Phi) is 3.97. The van der Waals surface area contributed by atoms with Crippen LogP contribution < -0.4 is 5.69 Å². The number of fused-ring (bicyclic) bond motifs is 1. The number of likely N-dealkylation sites (tertiary alicyclic amines) is 1. The first-order valence-electron chi connectivity index (χ1n) is 8.87. The summed E-state index contributed by atoms with van der Waals surface area (Å²) in [7, 11) is 1.71. The minimum Gasteiger partial charge on any atom is -0.439 e. The maximum Gasteiger partial charge on any atom is 0.410 e. The summed E-state index contributed by atoms with van der Waals surface area (Å²) in [6, 6.07) is 7.43. The molecule has 26 heavy (non-hydrogen) atoms. The van der Waals surface area contributed by atoms with Gasteiger partial charge in [0.2, 0.25) is 5.91 Å². The molecule has 0 radical (unpaired) electrons. The first-order chi connectivity index (χ1) is 12.5. The number of piperidine rings is 1. The van der Waals surface area contributed by atoms with E-state index in [-0.39, 0.29) is 24.1 Å². The lowest BCUT2D eigenvalue weighted by molar-refractivity contribution is -0.137. The van der Waals surface area contributed by atoms with Crippen LogP contribution in [0.15, 0.2) is 29.1 Å². The van der Waals surface area contributed by atoms with Gasteiger partial charge in [-0.1, -0.05) is 12.1 Å². The molecule has 8 nitrogen and oxygen atoms in total. The van der Waals surface area contributed by atoms with Gasteiger partial charge in [-0.05, 0) is 25.0 Å². The zero-order chi connectivity index (χ0) is 18.3. The largest absolute Gasteiger partial charge is 0.439 e. The Hall–Kier alpha value is -2.77. The van der Waals surface area contributed by atoms with Crippen LogP contribution in [0.1, 0.15) is 19.3 Å². The van der Waals surface area contributed by atoms with E-state index in [1.165, 1.54) is 0 Å². The number of aromatic amines is 1. The SMILES string of the molecule is CN1CC2(CCCN(C(=O)CCn3c(=O)[nH]c4ccccc43)C2)OC1=O. The molecule has 2 fully saturated rings. The molecule has 4 rings (SSSR count). The predicted octanol–water partition coefficient (Wildman–Crippen LogP) is 1.16. The number of imidazole rings is 1. The molecule has 2 saturated heterocycles. The van der Waals surface area contributed by atoms with Crippen LogP contribution in [0.3, 0.4) is 0 Å². The first-order valence-corrected chi connectivity index (χ1v) is 8.87. The summed E-state index contributed by atoms with van der Waals surface area (Å²) in [5, 5.41) is 0. The van der Waals surface area contributed by atoms with Crippen molar-refractivity contribution in [3.8, 4) is 0 Å². The van der Waals surface area contributed by atoms with Gasteiger partial charge < -0.3 is 19.5 Å². The number of carbonyl (C=O) groups is 2. The topological polar surface area (TPSA) is 87.6 Å².